The van der Waals surface area contributed by atoms with Gasteiger partial charge < -0.3 is 0 Å². The smallest absolute Gasteiger partial charge is 0.149 e. The third-order valence-corrected chi connectivity index (χ3v) is 2.95. The molecule has 0 N–H and O–H groups in total. The molecule has 0 radical (unpaired) electrons. The Bertz CT molecular complexity index is 543. The molecule has 1 aromatic carbocycles. The van der Waals surface area contributed by atoms with Crippen LogP contribution in [0.25, 0.3) is 11.3 Å². The maximum atomic E-state index is 13.5. The zero-order valence-electron chi connectivity index (χ0n) is 7.85. The van der Waals surface area contributed by atoms with Gasteiger partial charge in [0.2, 0.25) is 0 Å². The van der Waals surface area contributed by atoms with E-state index in [9.17, 15) is 4.39 Å². The van der Waals surface area contributed by atoms with Crippen molar-refractivity contribution < 1.29 is 4.39 Å². The molecule has 0 fully saturated rings. The summed E-state index contributed by atoms with van der Waals surface area (Å²) in [6.07, 6.45) is 0. The maximum Gasteiger partial charge on any atom is 0.149 e. The summed E-state index contributed by atoms with van der Waals surface area (Å²) in [5.74, 6) is -0.456. The molecule has 0 aliphatic rings. The van der Waals surface area contributed by atoms with Gasteiger partial charge in [-0.1, -0.05) is 40.9 Å². The number of aromatic nitrogens is 1. The Morgan fingerprint density at radius 3 is 2.38 bits per heavy atom. The van der Waals surface area contributed by atoms with E-state index in [1.54, 1.807) is 18.2 Å². The van der Waals surface area contributed by atoms with Crippen molar-refractivity contribution in [2.45, 2.75) is 0 Å². The molecule has 0 aliphatic carbocycles. The molecule has 0 atom stereocenters. The highest BCUT2D eigenvalue weighted by Crippen LogP contribution is 2.29. The maximum absolute atomic E-state index is 13.5. The van der Waals surface area contributed by atoms with Crippen molar-refractivity contribution in [2.24, 2.45) is 0 Å². The van der Waals surface area contributed by atoms with Crippen molar-refractivity contribution in [3.8, 4) is 11.3 Å². The van der Waals surface area contributed by atoms with Crippen LogP contribution in [-0.2, 0) is 0 Å². The van der Waals surface area contributed by atoms with E-state index in [1.807, 2.05) is 0 Å². The van der Waals surface area contributed by atoms with Gasteiger partial charge in [-0.05, 0) is 24.3 Å². The van der Waals surface area contributed by atoms with Crippen molar-refractivity contribution >= 4 is 34.8 Å². The van der Waals surface area contributed by atoms with Crippen LogP contribution in [0.4, 0.5) is 4.39 Å². The Hall–Kier alpha value is -0.830. The minimum absolute atomic E-state index is 0.158. The topological polar surface area (TPSA) is 12.9 Å². The molecule has 1 aromatic heterocycles. The minimum atomic E-state index is -0.456. The predicted molar refractivity (Wildman–Crippen MR) is 64.7 cm³/mol. The Morgan fingerprint density at radius 1 is 0.938 bits per heavy atom. The van der Waals surface area contributed by atoms with Crippen molar-refractivity contribution in [3.05, 3.63) is 51.3 Å². The third kappa shape index (κ3) is 2.29. The Kier molecular flexibility index (Phi) is 3.33. The summed E-state index contributed by atoms with van der Waals surface area (Å²) < 4.78 is 13.5. The van der Waals surface area contributed by atoms with Gasteiger partial charge in [0.05, 0.1) is 10.0 Å². The van der Waals surface area contributed by atoms with E-state index in [0.717, 1.165) is 0 Å². The SMILES string of the molecule is Fc1ccc(Cl)nc1-c1ccc(Cl)c(Cl)c1. The molecule has 16 heavy (non-hydrogen) atoms. The summed E-state index contributed by atoms with van der Waals surface area (Å²) in [5.41, 5.74) is 0.695. The highest BCUT2D eigenvalue weighted by molar-refractivity contribution is 6.42. The lowest BCUT2D eigenvalue weighted by molar-refractivity contribution is 0.626. The molecule has 2 aromatic rings. The van der Waals surface area contributed by atoms with E-state index >= 15 is 0 Å². The van der Waals surface area contributed by atoms with Crippen molar-refractivity contribution in [1.82, 2.24) is 4.98 Å². The minimum Gasteiger partial charge on any atom is -0.233 e. The number of nitrogens with zero attached hydrogens (tertiary/aromatic N) is 1. The second-order valence-corrected chi connectivity index (χ2v) is 4.29. The van der Waals surface area contributed by atoms with Crippen LogP contribution >= 0.6 is 34.8 Å². The van der Waals surface area contributed by atoms with Crippen molar-refractivity contribution in [1.29, 1.82) is 0 Å². The van der Waals surface area contributed by atoms with Crippen LogP contribution in [0.1, 0.15) is 0 Å². The van der Waals surface area contributed by atoms with E-state index in [4.69, 9.17) is 34.8 Å². The molecule has 0 unspecified atom stereocenters. The molecule has 0 bridgehead atoms. The number of hydrogen-bond acceptors (Lipinski definition) is 1. The van der Waals surface area contributed by atoms with Gasteiger partial charge >= 0.3 is 0 Å². The number of hydrogen-bond donors (Lipinski definition) is 0. The first-order valence-electron chi connectivity index (χ1n) is 4.35. The molecular formula is C11H5Cl3FN. The third-order valence-electron chi connectivity index (χ3n) is 2.01. The second-order valence-electron chi connectivity index (χ2n) is 3.09. The van der Waals surface area contributed by atoms with Crippen molar-refractivity contribution in [2.75, 3.05) is 0 Å². The van der Waals surface area contributed by atoms with E-state index in [0.29, 0.717) is 15.6 Å². The second kappa shape index (κ2) is 4.58. The fourth-order valence-electron chi connectivity index (χ4n) is 1.26. The van der Waals surface area contributed by atoms with E-state index < -0.39 is 5.82 Å². The van der Waals surface area contributed by atoms with Gasteiger partial charge in [-0.2, -0.15) is 0 Å². The normalized spacial score (nSPS) is 10.5. The zero-order valence-corrected chi connectivity index (χ0v) is 10.1. The predicted octanol–water partition coefficient (Wildman–Crippen LogP) is 4.85. The molecule has 2 rings (SSSR count). The first kappa shape index (κ1) is 11.6. The number of rotatable bonds is 1. The van der Waals surface area contributed by atoms with Gasteiger partial charge in [-0.15, -0.1) is 0 Å². The number of benzene rings is 1. The molecule has 0 amide bonds. The van der Waals surface area contributed by atoms with Crippen LogP contribution < -0.4 is 0 Å². The van der Waals surface area contributed by atoms with Gasteiger partial charge in [0.15, 0.2) is 0 Å². The molecular weight excluding hydrogens is 271 g/mol. The van der Waals surface area contributed by atoms with Crippen LogP contribution in [0.3, 0.4) is 0 Å². The lowest BCUT2D eigenvalue weighted by atomic mass is 10.1. The molecule has 82 valence electrons. The van der Waals surface area contributed by atoms with E-state index in [-0.39, 0.29) is 10.8 Å². The summed E-state index contributed by atoms with van der Waals surface area (Å²) in [4.78, 5) is 3.90. The zero-order chi connectivity index (χ0) is 11.7. The fourth-order valence-corrected chi connectivity index (χ4v) is 1.71. The summed E-state index contributed by atoms with van der Waals surface area (Å²) in [6.45, 7) is 0. The number of halogens is 4. The summed E-state index contributed by atoms with van der Waals surface area (Å²) in [6, 6.07) is 7.41. The fraction of sp³-hybridized carbons (Fsp3) is 0. The van der Waals surface area contributed by atoms with Crippen LogP contribution in [0.15, 0.2) is 30.3 Å². The monoisotopic (exact) mass is 275 g/mol. The Morgan fingerprint density at radius 2 is 1.69 bits per heavy atom. The molecule has 0 saturated carbocycles. The highest BCUT2D eigenvalue weighted by Gasteiger charge is 2.09. The van der Waals surface area contributed by atoms with Crippen LogP contribution in [0.5, 0.6) is 0 Å². The molecule has 0 saturated heterocycles. The van der Waals surface area contributed by atoms with Crippen LogP contribution in [-0.4, -0.2) is 4.98 Å². The van der Waals surface area contributed by atoms with Crippen LogP contribution in [0.2, 0.25) is 15.2 Å². The summed E-state index contributed by atoms with van der Waals surface area (Å²) >= 11 is 17.3. The van der Waals surface area contributed by atoms with Crippen LogP contribution in [0, 0.1) is 5.82 Å². The van der Waals surface area contributed by atoms with Gasteiger partial charge in [0, 0.05) is 5.56 Å². The first-order valence-corrected chi connectivity index (χ1v) is 5.49. The quantitative estimate of drug-likeness (QED) is 0.679. The number of pyridine rings is 1. The lowest BCUT2D eigenvalue weighted by Gasteiger charge is -2.04. The van der Waals surface area contributed by atoms with Gasteiger partial charge in [-0.3, -0.25) is 0 Å². The van der Waals surface area contributed by atoms with Gasteiger partial charge in [0.1, 0.15) is 16.7 Å². The largest absolute Gasteiger partial charge is 0.233 e. The van der Waals surface area contributed by atoms with Crippen molar-refractivity contribution in [3.63, 3.8) is 0 Å². The van der Waals surface area contributed by atoms with Gasteiger partial charge in [0.25, 0.3) is 0 Å². The van der Waals surface area contributed by atoms with E-state index in [1.165, 1.54) is 12.1 Å². The molecule has 1 nitrogen and oxygen atoms in total. The highest BCUT2D eigenvalue weighted by atomic mass is 35.5. The first-order chi connectivity index (χ1) is 7.58. The molecule has 0 spiro atoms. The summed E-state index contributed by atoms with van der Waals surface area (Å²) in [7, 11) is 0. The Balaban J connectivity index is 2.58. The van der Waals surface area contributed by atoms with E-state index in [2.05, 4.69) is 4.98 Å². The summed E-state index contributed by atoms with van der Waals surface area (Å²) in [5, 5.41) is 0.982. The molecule has 0 aliphatic heterocycles. The molecule has 5 heteroatoms. The average Bonchev–Trinajstić information content (AvgIpc) is 2.26. The molecule has 1 heterocycles. The standard InChI is InChI=1S/C11H5Cl3FN/c12-7-2-1-6(5-8(7)13)11-9(15)3-4-10(14)16-11/h1-5H. The van der Waals surface area contributed by atoms with Gasteiger partial charge in [-0.25, -0.2) is 9.37 Å². The lowest BCUT2D eigenvalue weighted by Crippen LogP contribution is -1.89. The Labute approximate surface area is 107 Å². The average molecular weight is 277 g/mol.